The summed E-state index contributed by atoms with van der Waals surface area (Å²) in [5.74, 6) is 0.377. The van der Waals surface area contributed by atoms with Crippen molar-refractivity contribution in [3.05, 3.63) is 27.1 Å². The number of nitrogens with one attached hydrogen (secondary N) is 1. The smallest absolute Gasteiger partial charge is 0.262 e. The van der Waals surface area contributed by atoms with E-state index in [4.69, 9.17) is 0 Å². The fourth-order valence-electron chi connectivity index (χ4n) is 3.06. The third kappa shape index (κ3) is 3.38. The molecule has 1 N–H and O–H groups in total. The lowest BCUT2D eigenvalue weighted by atomic mass is 9.97. The molecule has 0 unspecified atom stereocenters. The molecule has 0 fully saturated rings. The van der Waals surface area contributed by atoms with Crippen molar-refractivity contribution in [1.29, 1.82) is 0 Å². The van der Waals surface area contributed by atoms with Crippen LogP contribution in [-0.2, 0) is 24.2 Å². The monoisotopic (exact) mass is 347 g/mol. The molecule has 0 saturated carbocycles. The van der Waals surface area contributed by atoms with Crippen LogP contribution in [-0.4, -0.2) is 21.5 Å². The minimum Gasteiger partial charge on any atom is -0.353 e. The molecule has 0 saturated heterocycles. The van der Waals surface area contributed by atoms with Crippen LogP contribution in [0, 0.1) is 5.92 Å². The first-order valence-corrected chi connectivity index (χ1v) is 9.58. The van der Waals surface area contributed by atoms with Gasteiger partial charge in [-0.1, -0.05) is 13.8 Å². The maximum Gasteiger partial charge on any atom is 0.262 e. The van der Waals surface area contributed by atoms with E-state index in [1.54, 1.807) is 22.2 Å². The molecule has 6 heteroatoms. The average molecular weight is 347 g/mol. The van der Waals surface area contributed by atoms with Gasteiger partial charge in [-0.3, -0.25) is 14.2 Å². The predicted molar refractivity (Wildman–Crippen MR) is 97.6 cm³/mol. The molecule has 130 valence electrons. The number of thiophene rings is 1. The SMILES string of the molecule is CC(C)[C@H](C)NC(=O)CCn1cnc2sc3c(c2c1=O)CCCC3. The largest absolute Gasteiger partial charge is 0.353 e. The van der Waals surface area contributed by atoms with Gasteiger partial charge in [0, 0.05) is 23.9 Å². The number of hydrogen-bond donors (Lipinski definition) is 1. The van der Waals surface area contributed by atoms with Crippen molar-refractivity contribution in [1.82, 2.24) is 14.9 Å². The van der Waals surface area contributed by atoms with Gasteiger partial charge in [-0.15, -0.1) is 11.3 Å². The zero-order valence-electron chi connectivity index (χ0n) is 14.6. The van der Waals surface area contributed by atoms with Crippen LogP contribution < -0.4 is 10.9 Å². The quantitative estimate of drug-likeness (QED) is 0.904. The first-order chi connectivity index (χ1) is 11.5. The third-order valence-corrected chi connectivity index (χ3v) is 6.11. The molecule has 3 rings (SSSR count). The number of aryl methyl sites for hydroxylation is 3. The van der Waals surface area contributed by atoms with Gasteiger partial charge in [0.05, 0.1) is 11.7 Å². The molecule has 1 atom stereocenters. The first-order valence-electron chi connectivity index (χ1n) is 8.76. The second kappa shape index (κ2) is 7.05. The second-order valence-electron chi connectivity index (χ2n) is 6.98. The Balaban J connectivity index is 1.77. The fraction of sp³-hybridized carbons (Fsp3) is 0.611. The second-order valence-corrected chi connectivity index (χ2v) is 8.07. The molecule has 0 spiro atoms. The summed E-state index contributed by atoms with van der Waals surface area (Å²) < 4.78 is 1.59. The summed E-state index contributed by atoms with van der Waals surface area (Å²) in [4.78, 5) is 31.5. The summed E-state index contributed by atoms with van der Waals surface area (Å²) in [7, 11) is 0. The zero-order valence-corrected chi connectivity index (χ0v) is 15.4. The van der Waals surface area contributed by atoms with E-state index in [0.717, 1.165) is 29.5 Å². The van der Waals surface area contributed by atoms with Crippen LogP contribution in [0.1, 0.15) is 50.5 Å². The molecule has 0 aliphatic heterocycles. The minimum atomic E-state index is -0.0180. The maximum absolute atomic E-state index is 12.8. The van der Waals surface area contributed by atoms with Gasteiger partial charge in [0.1, 0.15) is 4.83 Å². The molecular weight excluding hydrogens is 322 g/mol. The van der Waals surface area contributed by atoms with Gasteiger partial charge >= 0.3 is 0 Å². The van der Waals surface area contributed by atoms with Crippen LogP contribution in [0.25, 0.3) is 10.2 Å². The van der Waals surface area contributed by atoms with Crippen molar-refractivity contribution in [3.8, 4) is 0 Å². The highest BCUT2D eigenvalue weighted by molar-refractivity contribution is 7.18. The maximum atomic E-state index is 12.8. The van der Waals surface area contributed by atoms with Crippen molar-refractivity contribution in [2.45, 2.75) is 65.5 Å². The van der Waals surface area contributed by atoms with Crippen molar-refractivity contribution < 1.29 is 4.79 Å². The summed E-state index contributed by atoms with van der Waals surface area (Å²) in [5.41, 5.74) is 1.20. The third-order valence-electron chi connectivity index (χ3n) is 4.91. The van der Waals surface area contributed by atoms with Gasteiger partial charge in [-0.25, -0.2) is 4.98 Å². The fourth-order valence-corrected chi connectivity index (χ4v) is 4.27. The lowest BCUT2D eigenvalue weighted by molar-refractivity contribution is -0.122. The van der Waals surface area contributed by atoms with Crippen LogP contribution in [0.15, 0.2) is 11.1 Å². The van der Waals surface area contributed by atoms with Crippen LogP contribution in [0.2, 0.25) is 0 Å². The number of carbonyl (C=O) groups excluding carboxylic acids is 1. The Labute approximate surface area is 146 Å². The normalized spacial score (nSPS) is 15.5. The van der Waals surface area contributed by atoms with Crippen LogP contribution >= 0.6 is 11.3 Å². The highest BCUT2D eigenvalue weighted by Gasteiger charge is 2.20. The number of nitrogens with zero attached hydrogens (tertiary/aromatic N) is 2. The van der Waals surface area contributed by atoms with Crippen molar-refractivity contribution in [2.24, 2.45) is 5.92 Å². The molecular formula is C18H25N3O2S. The Morgan fingerprint density at radius 3 is 2.83 bits per heavy atom. The minimum absolute atomic E-state index is 0.00380. The van der Waals surface area contributed by atoms with Crippen LogP contribution in [0.3, 0.4) is 0 Å². The van der Waals surface area contributed by atoms with Crippen molar-refractivity contribution in [3.63, 3.8) is 0 Å². The topological polar surface area (TPSA) is 64.0 Å². The standard InChI is InChI=1S/C18H25N3O2S/c1-11(2)12(3)20-15(22)8-9-21-10-19-17-16(18(21)23)13-6-4-5-7-14(13)24-17/h10-12H,4-9H2,1-3H3,(H,20,22)/t12-/m0/s1. The molecule has 1 aliphatic carbocycles. The summed E-state index contributed by atoms with van der Waals surface area (Å²) in [6, 6.07) is 0.138. The van der Waals surface area contributed by atoms with E-state index in [1.807, 2.05) is 6.92 Å². The van der Waals surface area contributed by atoms with Gasteiger partial charge in [0.2, 0.25) is 5.91 Å². The Morgan fingerprint density at radius 1 is 1.33 bits per heavy atom. The number of fused-ring (bicyclic) bond motifs is 3. The molecule has 2 heterocycles. The van der Waals surface area contributed by atoms with Gasteiger partial charge in [0.25, 0.3) is 5.56 Å². The summed E-state index contributed by atoms with van der Waals surface area (Å²) >= 11 is 1.65. The van der Waals surface area contributed by atoms with Gasteiger partial charge in [-0.05, 0) is 44.1 Å². The highest BCUT2D eigenvalue weighted by atomic mass is 32.1. The Hall–Kier alpha value is -1.69. The summed E-state index contributed by atoms with van der Waals surface area (Å²) in [5, 5.41) is 3.76. The molecule has 2 aromatic rings. The van der Waals surface area contributed by atoms with E-state index < -0.39 is 0 Å². The number of carbonyl (C=O) groups is 1. The average Bonchev–Trinajstić information content (AvgIpc) is 2.93. The van der Waals surface area contributed by atoms with Gasteiger partial charge < -0.3 is 5.32 Å². The number of rotatable bonds is 5. The van der Waals surface area contributed by atoms with E-state index >= 15 is 0 Å². The summed E-state index contributed by atoms with van der Waals surface area (Å²) in [6.07, 6.45) is 6.26. The van der Waals surface area contributed by atoms with Crippen LogP contribution in [0.4, 0.5) is 0 Å². The number of amides is 1. The lowest BCUT2D eigenvalue weighted by Crippen LogP contribution is -2.37. The van der Waals surface area contributed by atoms with Crippen LogP contribution in [0.5, 0.6) is 0 Å². The molecule has 0 bridgehead atoms. The Bertz CT molecular complexity index is 806. The molecule has 24 heavy (non-hydrogen) atoms. The predicted octanol–water partition coefficient (Wildman–Crippen LogP) is 2.89. The first kappa shape index (κ1) is 17.1. The number of aromatic nitrogens is 2. The molecule has 0 aromatic carbocycles. The Morgan fingerprint density at radius 2 is 2.08 bits per heavy atom. The lowest BCUT2D eigenvalue weighted by Gasteiger charge is -2.17. The van der Waals surface area contributed by atoms with E-state index in [-0.39, 0.29) is 17.5 Å². The zero-order chi connectivity index (χ0) is 17.3. The van der Waals surface area contributed by atoms with Gasteiger partial charge in [-0.2, -0.15) is 0 Å². The molecule has 5 nitrogen and oxygen atoms in total. The molecule has 1 amide bonds. The van der Waals surface area contributed by atoms with E-state index in [9.17, 15) is 9.59 Å². The van der Waals surface area contributed by atoms with E-state index in [2.05, 4.69) is 24.1 Å². The Kier molecular flexibility index (Phi) is 5.04. The van der Waals surface area contributed by atoms with E-state index in [0.29, 0.717) is 18.9 Å². The number of hydrogen-bond acceptors (Lipinski definition) is 4. The highest BCUT2D eigenvalue weighted by Crippen LogP contribution is 2.33. The van der Waals surface area contributed by atoms with Crippen molar-refractivity contribution in [2.75, 3.05) is 0 Å². The van der Waals surface area contributed by atoms with Crippen molar-refractivity contribution >= 4 is 27.5 Å². The summed E-state index contributed by atoms with van der Waals surface area (Å²) in [6.45, 7) is 6.53. The van der Waals surface area contributed by atoms with E-state index in [1.165, 1.54) is 16.9 Å². The molecule has 2 aromatic heterocycles. The molecule has 0 radical (unpaired) electrons. The van der Waals surface area contributed by atoms with Gasteiger partial charge in [0.15, 0.2) is 0 Å². The molecule has 1 aliphatic rings.